The van der Waals surface area contributed by atoms with Gasteiger partial charge in [0.15, 0.2) is 5.69 Å². The minimum atomic E-state index is 0.425. The predicted molar refractivity (Wildman–Crippen MR) is 127 cm³/mol. The van der Waals surface area contributed by atoms with Gasteiger partial charge in [-0.2, -0.15) is 10.1 Å². The Balaban J connectivity index is 1.32. The first-order valence-corrected chi connectivity index (χ1v) is 11.2. The zero-order valence-electron chi connectivity index (χ0n) is 17.9. The average Bonchev–Trinajstić information content (AvgIpc) is 3.44. The van der Waals surface area contributed by atoms with E-state index < -0.39 is 0 Å². The SMILES string of the molecule is Cc1ccc(Cn2nc(-c3nc(-c4ccc(Sc5ccccc5)cc4)no3)cc2C)cc1. The fourth-order valence-electron chi connectivity index (χ4n) is 3.38. The van der Waals surface area contributed by atoms with Gasteiger partial charge >= 0.3 is 0 Å². The zero-order chi connectivity index (χ0) is 21.9. The average molecular weight is 439 g/mol. The van der Waals surface area contributed by atoms with E-state index in [4.69, 9.17) is 4.52 Å². The lowest BCUT2D eigenvalue weighted by Crippen LogP contribution is -2.03. The molecule has 32 heavy (non-hydrogen) atoms. The fraction of sp³-hybridized carbons (Fsp3) is 0.115. The molecular weight excluding hydrogens is 416 g/mol. The molecule has 2 heterocycles. The van der Waals surface area contributed by atoms with E-state index in [1.165, 1.54) is 16.0 Å². The Morgan fingerprint density at radius 2 is 1.56 bits per heavy atom. The van der Waals surface area contributed by atoms with Crippen molar-refractivity contribution >= 4 is 11.8 Å². The lowest BCUT2D eigenvalue weighted by molar-refractivity contribution is 0.430. The number of rotatable bonds is 6. The summed E-state index contributed by atoms with van der Waals surface area (Å²) in [6.45, 7) is 4.82. The Morgan fingerprint density at radius 1 is 0.844 bits per heavy atom. The topological polar surface area (TPSA) is 56.7 Å². The molecule has 0 fully saturated rings. The van der Waals surface area contributed by atoms with Crippen LogP contribution in [0, 0.1) is 13.8 Å². The Morgan fingerprint density at radius 3 is 2.31 bits per heavy atom. The van der Waals surface area contributed by atoms with Crippen LogP contribution in [0.3, 0.4) is 0 Å². The highest BCUT2D eigenvalue weighted by atomic mass is 32.2. The van der Waals surface area contributed by atoms with Gasteiger partial charge in [-0.1, -0.05) is 64.9 Å². The minimum absolute atomic E-state index is 0.425. The van der Waals surface area contributed by atoms with Crippen LogP contribution >= 0.6 is 11.8 Å². The quantitative estimate of drug-likeness (QED) is 0.306. The summed E-state index contributed by atoms with van der Waals surface area (Å²) in [4.78, 5) is 6.95. The summed E-state index contributed by atoms with van der Waals surface area (Å²) in [5.41, 5.74) is 5.09. The molecule has 0 atom stereocenters. The van der Waals surface area contributed by atoms with Crippen LogP contribution in [0.15, 0.2) is 99.2 Å². The predicted octanol–water partition coefficient (Wildman–Crippen LogP) is 6.42. The summed E-state index contributed by atoms with van der Waals surface area (Å²) in [7, 11) is 0. The first-order chi connectivity index (χ1) is 15.6. The Bertz CT molecular complexity index is 1320. The third kappa shape index (κ3) is 4.50. The number of hydrogen-bond acceptors (Lipinski definition) is 5. The highest BCUT2D eigenvalue weighted by Gasteiger charge is 2.15. The van der Waals surface area contributed by atoms with Crippen LogP contribution in [0.1, 0.15) is 16.8 Å². The summed E-state index contributed by atoms with van der Waals surface area (Å²) in [5, 5.41) is 8.85. The van der Waals surface area contributed by atoms with Crippen molar-refractivity contribution in [1.29, 1.82) is 0 Å². The molecule has 158 valence electrons. The maximum atomic E-state index is 5.52. The molecule has 0 aliphatic heterocycles. The monoisotopic (exact) mass is 438 g/mol. The van der Waals surface area contributed by atoms with Gasteiger partial charge < -0.3 is 4.52 Å². The second-order valence-electron chi connectivity index (χ2n) is 7.68. The fourth-order valence-corrected chi connectivity index (χ4v) is 4.22. The van der Waals surface area contributed by atoms with E-state index in [2.05, 4.69) is 70.7 Å². The van der Waals surface area contributed by atoms with Gasteiger partial charge in [-0.3, -0.25) is 4.68 Å². The molecule has 3 aromatic carbocycles. The highest BCUT2D eigenvalue weighted by molar-refractivity contribution is 7.99. The zero-order valence-corrected chi connectivity index (χ0v) is 18.7. The van der Waals surface area contributed by atoms with E-state index in [1.54, 1.807) is 11.8 Å². The van der Waals surface area contributed by atoms with E-state index in [9.17, 15) is 0 Å². The van der Waals surface area contributed by atoms with Crippen LogP contribution in [0.5, 0.6) is 0 Å². The molecule has 5 aromatic rings. The Labute approximate surface area is 191 Å². The maximum absolute atomic E-state index is 5.52. The summed E-state index contributed by atoms with van der Waals surface area (Å²) in [6, 6.07) is 28.9. The van der Waals surface area contributed by atoms with Crippen LogP contribution in [-0.4, -0.2) is 19.9 Å². The lowest BCUT2D eigenvalue weighted by atomic mass is 10.1. The molecule has 5 rings (SSSR count). The first-order valence-electron chi connectivity index (χ1n) is 10.4. The van der Waals surface area contributed by atoms with E-state index in [1.807, 2.05) is 48.0 Å². The van der Waals surface area contributed by atoms with Crippen molar-refractivity contribution in [3.63, 3.8) is 0 Å². The normalized spacial score (nSPS) is 11.1. The highest BCUT2D eigenvalue weighted by Crippen LogP contribution is 2.29. The van der Waals surface area contributed by atoms with Gasteiger partial charge in [-0.25, -0.2) is 0 Å². The van der Waals surface area contributed by atoms with E-state index >= 15 is 0 Å². The molecule has 0 aliphatic rings. The van der Waals surface area contributed by atoms with Gasteiger partial charge in [0.25, 0.3) is 5.89 Å². The summed E-state index contributed by atoms with van der Waals surface area (Å²) < 4.78 is 7.48. The Kier molecular flexibility index (Phi) is 5.60. The summed E-state index contributed by atoms with van der Waals surface area (Å²) in [5.74, 6) is 0.982. The van der Waals surface area contributed by atoms with Crippen molar-refractivity contribution in [2.75, 3.05) is 0 Å². The van der Waals surface area contributed by atoms with Crippen LogP contribution in [-0.2, 0) is 6.54 Å². The smallest absolute Gasteiger partial charge is 0.278 e. The standard InChI is InChI=1S/C26H22N4OS/c1-18-8-10-20(11-9-18)17-30-19(2)16-24(28-30)26-27-25(29-31-26)21-12-14-23(15-13-21)32-22-6-4-3-5-7-22/h3-16H,17H2,1-2H3. The van der Waals surface area contributed by atoms with Gasteiger partial charge in [0, 0.05) is 21.0 Å². The molecule has 0 N–H and O–H groups in total. The van der Waals surface area contributed by atoms with Crippen molar-refractivity contribution in [1.82, 2.24) is 19.9 Å². The molecule has 0 unspecified atom stereocenters. The van der Waals surface area contributed by atoms with Gasteiger partial charge in [0.1, 0.15) is 0 Å². The third-order valence-electron chi connectivity index (χ3n) is 5.17. The van der Waals surface area contributed by atoms with Crippen molar-refractivity contribution in [3.05, 3.63) is 102 Å². The molecule has 0 saturated carbocycles. The molecule has 2 aromatic heterocycles. The van der Waals surface area contributed by atoms with E-state index in [0.717, 1.165) is 16.2 Å². The molecule has 0 aliphatic carbocycles. The number of aryl methyl sites for hydroxylation is 2. The van der Waals surface area contributed by atoms with Crippen molar-refractivity contribution < 1.29 is 4.52 Å². The Hall–Kier alpha value is -3.64. The molecule has 0 bridgehead atoms. The van der Waals surface area contributed by atoms with Crippen LogP contribution in [0.2, 0.25) is 0 Å². The van der Waals surface area contributed by atoms with Crippen LogP contribution in [0.25, 0.3) is 23.0 Å². The molecule has 5 nitrogen and oxygen atoms in total. The third-order valence-corrected chi connectivity index (χ3v) is 6.19. The maximum Gasteiger partial charge on any atom is 0.278 e. The van der Waals surface area contributed by atoms with Crippen LogP contribution < -0.4 is 0 Å². The lowest BCUT2D eigenvalue weighted by Gasteiger charge is -2.04. The van der Waals surface area contributed by atoms with E-state index in [-0.39, 0.29) is 0 Å². The second-order valence-corrected chi connectivity index (χ2v) is 8.82. The molecular formula is C26H22N4OS. The van der Waals surface area contributed by atoms with Crippen LogP contribution in [0.4, 0.5) is 0 Å². The largest absolute Gasteiger partial charge is 0.332 e. The number of nitrogens with zero attached hydrogens (tertiary/aromatic N) is 4. The number of aromatic nitrogens is 4. The molecule has 6 heteroatoms. The first kappa shape index (κ1) is 20.3. The molecule has 0 spiro atoms. The van der Waals surface area contributed by atoms with Gasteiger partial charge in [-0.15, -0.1) is 0 Å². The minimum Gasteiger partial charge on any atom is -0.332 e. The number of benzene rings is 3. The molecule has 0 radical (unpaired) electrons. The van der Waals surface area contributed by atoms with Crippen molar-refractivity contribution in [3.8, 4) is 23.0 Å². The van der Waals surface area contributed by atoms with Crippen molar-refractivity contribution in [2.45, 2.75) is 30.2 Å². The summed E-state index contributed by atoms with van der Waals surface area (Å²) in [6.07, 6.45) is 0. The second kappa shape index (κ2) is 8.85. The molecule has 0 amide bonds. The van der Waals surface area contributed by atoms with Crippen molar-refractivity contribution in [2.24, 2.45) is 0 Å². The number of hydrogen-bond donors (Lipinski definition) is 0. The molecule has 0 saturated heterocycles. The van der Waals surface area contributed by atoms with E-state index in [0.29, 0.717) is 24.0 Å². The van der Waals surface area contributed by atoms with Gasteiger partial charge in [0.05, 0.1) is 6.54 Å². The van der Waals surface area contributed by atoms with Gasteiger partial charge in [0.2, 0.25) is 5.82 Å². The van der Waals surface area contributed by atoms with Gasteiger partial charge in [-0.05, 0) is 61.9 Å². The summed E-state index contributed by atoms with van der Waals surface area (Å²) >= 11 is 1.72.